The second-order valence-corrected chi connectivity index (χ2v) is 7.34. The lowest BCUT2D eigenvalue weighted by molar-refractivity contribution is 0.0945. The Kier molecular flexibility index (Phi) is 8.02. The third-order valence-electron chi connectivity index (χ3n) is 3.47. The lowest BCUT2D eigenvalue weighted by Gasteiger charge is -2.21. The topological polar surface area (TPSA) is 96.9 Å². The molecule has 2 unspecified atom stereocenters. The van der Waals surface area contributed by atoms with Crippen LogP contribution in [0.1, 0.15) is 0 Å². The third kappa shape index (κ3) is 6.74. The summed E-state index contributed by atoms with van der Waals surface area (Å²) in [5.74, 6) is 0.657. The van der Waals surface area contributed by atoms with Gasteiger partial charge in [-0.25, -0.2) is 8.42 Å². The molecule has 0 bridgehead atoms. The molecule has 0 saturated carbocycles. The molecule has 0 aliphatic carbocycles. The summed E-state index contributed by atoms with van der Waals surface area (Å²) < 4.78 is 37.8. The minimum Gasteiger partial charge on any atom is -0.491 e. The van der Waals surface area contributed by atoms with E-state index in [4.69, 9.17) is 9.47 Å². The molecule has 2 atom stereocenters. The summed E-state index contributed by atoms with van der Waals surface area (Å²) in [5, 5.41) is 13.0. The van der Waals surface area contributed by atoms with E-state index in [2.05, 4.69) is 10.0 Å². The van der Waals surface area contributed by atoms with Crippen LogP contribution in [-0.2, 0) is 14.8 Å². The van der Waals surface area contributed by atoms with Gasteiger partial charge >= 0.3 is 0 Å². The van der Waals surface area contributed by atoms with Gasteiger partial charge in [0.05, 0.1) is 17.7 Å². The average Bonchev–Trinajstić information content (AvgIpc) is 2.66. The van der Waals surface area contributed by atoms with Crippen molar-refractivity contribution in [2.45, 2.75) is 17.2 Å². The molecule has 0 aromatic heterocycles. The van der Waals surface area contributed by atoms with E-state index in [0.29, 0.717) is 5.75 Å². The van der Waals surface area contributed by atoms with Gasteiger partial charge in [0, 0.05) is 13.7 Å². The molecule has 2 rings (SSSR count). The van der Waals surface area contributed by atoms with Gasteiger partial charge in [0.25, 0.3) is 0 Å². The van der Waals surface area contributed by atoms with Crippen LogP contribution in [0.3, 0.4) is 0 Å². The number of hydrogen-bond acceptors (Lipinski definition) is 6. The molecule has 8 heteroatoms. The number of nitrogens with one attached hydrogen (secondary N) is 2. The predicted octanol–water partition coefficient (Wildman–Crippen LogP) is 0.967. The number of aliphatic hydroxyl groups is 1. The Hall–Kier alpha value is -1.97. The number of hydrogen-bond donors (Lipinski definition) is 3. The van der Waals surface area contributed by atoms with Crippen LogP contribution in [-0.4, -0.2) is 52.7 Å². The highest BCUT2D eigenvalue weighted by atomic mass is 32.2. The van der Waals surface area contributed by atoms with Gasteiger partial charge in [0.2, 0.25) is 10.0 Å². The number of rotatable bonds is 11. The highest BCUT2D eigenvalue weighted by molar-refractivity contribution is 7.89. The molecular formula is C18H24N2O5S. The molecule has 2 aromatic rings. The molecule has 0 saturated heterocycles. The van der Waals surface area contributed by atoms with Gasteiger partial charge < -0.3 is 14.6 Å². The molecule has 3 N–H and O–H groups in total. The molecule has 0 amide bonds. The molecule has 142 valence electrons. The normalized spacial score (nSPS) is 13.9. The summed E-state index contributed by atoms with van der Waals surface area (Å²) >= 11 is 0. The lowest BCUT2D eigenvalue weighted by Crippen LogP contribution is -2.50. The number of para-hydroxylation sites is 1. The van der Waals surface area contributed by atoms with E-state index in [1.807, 2.05) is 18.2 Å². The first-order valence-corrected chi connectivity index (χ1v) is 9.65. The molecule has 0 aliphatic rings. The molecule has 0 radical (unpaired) electrons. The highest BCUT2D eigenvalue weighted by Gasteiger charge is 2.20. The smallest absolute Gasteiger partial charge is 0.241 e. The summed E-state index contributed by atoms with van der Waals surface area (Å²) in [7, 11) is -2.22. The van der Waals surface area contributed by atoms with Gasteiger partial charge in [0.1, 0.15) is 18.5 Å². The van der Waals surface area contributed by atoms with Crippen LogP contribution in [0.5, 0.6) is 5.75 Å². The van der Waals surface area contributed by atoms with Crippen molar-refractivity contribution in [1.82, 2.24) is 10.0 Å². The summed E-state index contributed by atoms with van der Waals surface area (Å²) in [4.78, 5) is 0.163. The van der Waals surface area contributed by atoms with Gasteiger partial charge in [-0.3, -0.25) is 5.32 Å². The van der Waals surface area contributed by atoms with Gasteiger partial charge in [-0.15, -0.1) is 0 Å². The number of benzene rings is 2. The quantitative estimate of drug-likeness (QED) is 0.503. The summed E-state index contributed by atoms with van der Waals surface area (Å²) in [6.07, 6.45) is -1.49. The molecule has 0 fully saturated rings. The fraction of sp³-hybridized carbons (Fsp3) is 0.333. The molecule has 26 heavy (non-hydrogen) atoms. The average molecular weight is 380 g/mol. The van der Waals surface area contributed by atoms with Crippen molar-refractivity contribution in [3.8, 4) is 5.75 Å². The van der Waals surface area contributed by atoms with Gasteiger partial charge in [-0.05, 0) is 24.3 Å². The highest BCUT2D eigenvalue weighted by Crippen LogP contribution is 2.09. The van der Waals surface area contributed by atoms with Crippen molar-refractivity contribution in [2.24, 2.45) is 0 Å². The molecule has 0 spiro atoms. The van der Waals surface area contributed by atoms with Gasteiger partial charge in [-0.2, -0.15) is 4.72 Å². The molecule has 0 aliphatic heterocycles. The predicted molar refractivity (Wildman–Crippen MR) is 98.4 cm³/mol. The first kappa shape index (κ1) is 20.3. The van der Waals surface area contributed by atoms with Crippen LogP contribution in [0.25, 0.3) is 0 Å². The van der Waals surface area contributed by atoms with E-state index >= 15 is 0 Å². The largest absolute Gasteiger partial charge is 0.491 e. The molecule has 2 aromatic carbocycles. The fourth-order valence-electron chi connectivity index (χ4n) is 2.20. The number of methoxy groups -OCH3 is 1. The fourth-order valence-corrected chi connectivity index (χ4v) is 3.38. The Bertz CT molecular complexity index is 741. The lowest BCUT2D eigenvalue weighted by atomic mass is 10.3. The second-order valence-electron chi connectivity index (χ2n) is 5.63. The Balaban J connectivity index is 1.85. The molecule has 7 nitrogen and oxygen atoms in total. The summed E-state index contributed by atoms with van der Waals surface area (Å²) in [5.41, 5.74) is 0. The number of aliphatic hydroxyl groups excluding tert-OH is 1. The zero-order chi connectivity index (χ0) is 18.8. The van der Waals surface area contributed by atoms with Crippen molar-refractivity contribution >= 4 is 10.0 Å². The zero-order valence-corrected chi connectivity index (χ0v) is 15.4. The van der Waals surface area contributed by atoms with Crippen molar-refractivity contribution in [3.05, 3.63) is 60.7 Å². The van der Waals surface area contributed by atoms with Crippen molar-refractivity contribution < 1.29 is 23.0 Å². The first-order valence-electron chi connectivity index (χ1n) is 8.17. The minimum atomic E-state index is -3.69. The van der Waals surface area contributed by atoms with Crippen molar-refractivity contribution in [3.63, 3.8) is 0 Å². The van der Waals surface area contributed by atoms with E-state index in [9.17, 15) is 13.5 Å². The standard InChI is InChI=1S/C18H24N2O5S/c1-24-14-18(20-26(22,23)17-10-6-3-7-11-17)19-12-15(21)13-25-16-8-4-2-5-9-16/h2-11,15,18-21H,12-14H2,1H3. The Morgan fingerprint density at radius 3 is 2.23 bits per heavy atom. The summed E-state index contributed by atoms with van der Waals surface area (Å²) in [6.45, 7) is 0.332. The van der Waals surface area contributed by atoms with Crippen LogP contribution in [0.2, 0.25) is 0 Å². The minimum absolute atomic E-state index is 0.0855. The van der Waals surface area contributed by atoms with E-state index in [1.165, 1.54) is 19.2 Å². The first-order chi connectivity index (χ1) is 12.5. The monoisotopic (exact) mass is 380 g/mol. The van der Waals surface area contributed by atoms with Crippen LogP contribution < -0.4 is 14.8 Å². The maximum absolute atomic E-state index is 12.4. The second kappa shape index (κ2) is 10.2. The third-order valence-corrected chi connectivity index (χ3v) is 4.96. The Morgan fingerprint density at radius 2 is 1.62 bits per heavy atom. The van der Waals surface area contributed by atoms with Crippen molar-refractivity contribution in [1.29, 1.82) is 0 Å². The number of ether oxygens (including phenoxy) is 2. The van der Waals surface area contributed by atoms with Crippen LogP contribution >= 0.6 is 0 Å². The van der Waals surface area contributed by atoms with Crippen LogP contribution in [0.4, 0.5) is 0 Å². The van der Waals surface area contributed by atoms with E-state index < -0.39 is 22.3 Å². The Morgan fingerprint density at radius 1 is 1.00 bits per heavy atom. The van der Waals surface area contributed by atoms with Crippen molar-refractivity contribution in [2.75, 3.05) is 26.9 Å². The molecular weight excluding hydrogens is 356 g/mol. The zero-order valence-electron chi connectivity index (χ0n) is 14.5. The molecule has 0 heterocycles. The maximum Gasteiger partial charge on any atom is 0.241 e. The summed E-state index contributed by atoms with van der Waals surface area (Å²) in [6, 6.07) is 17.2. The van der Waals surface area contributed by atoms with Crippen LogP contribution in [0, 0.1) is 0 Å². The van der Waals surface area contributed by atoms with E-state index in [-0.39, 0.29) is 24.7 Å². The van der Waals surface area contributed by atoms with Gasteiger partial charge in [-0.1, -0.05) is 36.4 Å². The van der Waals surface area contributed by atoms with Gasteiger partial charge in [0.15, 0.2) is 0 Å². The van der Waals surface area contributed by atoms with E-state index in [0.717, 1.165) is 0 Å². The Labute approximate surface area is 154 Å². The van der Waals surface area contributed by atoms with E-state index in [1.54, 1.807) is 30.3 Å². The SMILES string of the molecule is COCC(NCC(O)COc1ccccc1)NS(=O)(=O)c1ccccc1. The number of sulfonamides is 1. The van der Waals surface area contributed by atoms with Crippen LogP contribution in [0.15, 0.2) is 65.6 Å². The maximum atomic E-state index is 12.4.